The number of hydrogen-bond acceptors (Lipinski definition) is 7. The van der Waals surface area contributed by atoms with Gasteiger partial charge in [0.05, 0.1) is 37.2 Å². The average Bonchev–Trinajstić information content (AvgIpc) is 3.71. The number of hydrogen-bond donors (Lipinski definition) is 0. The van der Waals surface area contributed by atoms with Gasteiger partial charge in [-0.3, -0.25) is 9.59 Å². The summed E-state index contributed by atoms with van der Waals surface area (Å²) in [7, 11) is 3.20. The SMILES string of the molecule is COc1ccc(-c2oc(N=CC34c5ccccc5C(c5ccccc53)[C@H]3C(=O)N(c5ccccc5)C(=O)[C@H]34)c(C#N)c2-c2ccc(OC)cc2)cc1. The molecule has 0 radical (unpaired) electrons. The second-order valence-corrected chi connectivity index (χ2v) is 13.2. The van der Waals surface area contributed by atoms with Crippen molar-refractivity contribution in [2.75, 3.05) is 19.1 Å². The molecule has 8 heteroatoms. The Morgan fingerprint density at radius 3 is 1.87 bits per heavy atom. The highest BCUT2D eigenvalue weighted by Crippen LogP contribution is 2.64. The molecule has 8 nitrogen and oxygen atoms in total. The van der Waals surface area contributed by atoms with Crippen LogP contribution in [0, 0.1) is 23.2 Å². The third-order valence-corrected chi connectivity index (χ3v) is 10.8. The molecule has 2 heterocycles. The molecule has 0 unspecified atom stereocenters. The van der Waals surface area contributed by atoms with E-state index >= 15 is 0 Å². The summed E-state index contributed by atoms with van der Waals surface area (Å²) in [6.45, 7) is 0. The zero-order valence-electron chi connectivity index (χ0n) is 28.3. The van der Waals surface area contributed by atoms with E-state index in [-0.39, 0.29) is 29.2 Å². The molecule has 1 aromatic heterocycles. The number of aliphatic imine (C=N–C) groups is 1. The van der Waals surface area contributed by atoms with E-state index in [1.165, 1.54) is 4.90 Å². The highest BCUT2D eigenvalue weighted by atomic mass is 16.5. The fourth-order valence-electron chi connectivity index (χ4n) is 8.63. The summed E-state index contributed by atoms with van der Waals surface area (Å²) in [4.78, 5) is 35.7. The van der Waals surface area contributed by atoms with Crippen LogP contribution in [-0.4, -0.2) is 32.2 Å². The summed E-state index contributed by atoms with van der Waals surface area (Å²) in [5.41, 5.74) is 5.50. The van der Waals surface area contributed by atoms with Crippen LogP contribution in [0.1, 0.15) is 33.7 Å². The molecule has 252 valence electrons. The van der Waals surface area contributed by atoms with Crippen molar-refractivity contribution >= 4 is 29.6 Å². The van der Waals surface area contributed by atoms with Crippen LogP contribution < -0.4 is 14.4 Å². The van der Waals surface area contributed by atoms with E-state index in [0.29, 0.717) is 28.5 Å². The zero-order valence-corrected chi connectivity index (χ0v) is 28.3. The molecule has 1 aliphatic heterocycles. The number of carbonyl (C=O) groups is 2. The summed E-state index contributed by atoms with van der Waals surface area (Å²) in [6, 6.07) is 42.3. The number of ether oxygens (including phenoxy) is 2. The van der Waals surface area contributed by atoms with E-state index in [1.54, 1.807) is 32.6 Å². The Bertz CT molecular complexity index is 2410. The Balaban J connectivity index is 1.28. The van der Waals surface area contributed by atoms with E-state index in [1.807, 2.05) is 103 Å². The van der Waals surface area contributed by atoms with Gasteiger partial charge in [-0.15, -0.1) is 0 Å². The first-order valence-corrected chi connectivity index (χ1v) is 17.0. The number of carbonyl (C=O) groups excluding carboxylic acids is 2. The number of imide groups is 1. The number of para-hydroxylation sites is 1. The third-order valence-electron chi connectivity index (χ3n) is 10.8. The predicted molar refractivity (Wildman–Crippen MR) is 197 cm³/mol. The standard InChI is InChI=1S/C44H31N3O5/c1-50-29-20-16-26(17-21-29)36-33(24-45)41(52-40(36)27-18-22-30(51-2)23-19-27)46-25-44-34-14-8-6-12-31(34)37(32-13-7-9-15-35(32)44)38-39(44)43(49)47(42(38)48)28-10-4-3-5-11-28/h3-23,25,37-39H,1-2H3/t37?,38-,39+,44?/m1/s1. The molecule has 0 N–H and O–H groups in total. The van der Waals surface area contributed by atoms with Crippen molar-refractivity contribution in [2.24, 2.45) is 16.8 Å². The molecular formula is C44H31N3O5. The smallest absolute Gasteiger partial charge is 0.239 e. The van der Waals surface area contributed by atoms with Crippen LogP contribution >= 0.6 is 0 Å². The quantitative estimate of drug-likeness (QED) is 0.124. The van der Waals surface area contributed by atoms with Crippen LogP contribution in [0.15, 0.2) is 137 Å². The van der Waals surface area contributed by atoms with Gasteiger partial charge in [0.15, 0.2) is 0 Å². The highest BCUT2D eigenvalue weighted by molar-refractivity contribution is 6.25. The fraction of sp³-hybridized carbons (Fsp3) is 0.136. The highest BCUT2D eigenvalue weighted by Gasteiger charge is 2.68. The maximum absolute atomic E-state index is 14.8. The lowest BCUT2D eigenvalue weighted by Crippen LogP contribution is -2.54. The second kappa shape index (κ2) is 12.0. The average molecular weight is 682 g/mol. The van der Waals surface area contributed by atoms with Gasteiger partial charge < -0.3 is 13.9 Å². The molecule has 6 aromatic rings. The summed E-state index contributed by atoms with van der Waals surface area (Å²) in [5, 5.41) is 10.7. The minimum absolute atomic E-state index is 0.101. The van der Waals surface area contributed by atoms with Crippen LogP contribution in [-0.2, 0) is 15.0 Å². The Morgan fingerprint density at radius 1 is 0.731 bits per heavy atom. The summed E-state index contributed by atoms with van der Waals surface area (Å²) in [5.74, 6) is -0.325. The Labute approximate surface area is 300 Å². The Hall–Kier alpha value is -6.72. The minimum Gasteiger partial charge on any atom is -0.497 e. The van der Waals surface area contributed by atoms with Gasteiger partial charge in [0, 0.05) is 23.3 Å². The molecular weight excluding hydrogens is 650 g/mol. The summed E-state index contributed by atoms with van der Waals surface area (Å²) in [6.07, 6.45) is 1.76. The lowest BCUT2D eigenvalue weighted by Gasteiger charge is -2.52. The molecule has 2 atom stereocenters. The van der Waals surface area contributed by atoms with Crippen molar-refractivity contribution in [1.82, 2.24) is 0 Å². The number of nitrogens with zero attached hydrogens (tertiary/aromatic N) is 3. The fourth-order valence-corrected chi connectivity index (χ4v) is 8.63. The number of methoxy groups -OCH3 is 2. The van der Waals surface area contributed by atoms with E-state index in [9.17, 15) is 14.9 Å². The maximum atomic E-state index is 14.8. The van der Waals surface area contributed by atoms with Crippen LogP contribution in [0.5, 0.6) is 11.5 Å². The summed E-state index contributed by atoms with van der Waals surface area (Å²) >= 11 is 0. The Morgan fingerprint density at radius 2 is 1.29 bits per heavy atom. The van der Waals surface area contributed by atoms with Gasteiger partial charge in [-0.1, -0.05) is 78.9 Å². The number of amides is 2. The van der Waals surface area contributed by atoms with Gasteiger partial charge in [0.1, 0.15) is 28.9 Å². The predicted octanol–water partition coefficient (Wildman–Crippen LogP) is 8.46. The van der Waals surface area contributed by atoms with Crippen LogP contribution in [0.3, 0.4) is 0 Å². The molecule has 5 aromatic carbocycles. The molecule has 4 aliphatic rings. The topological polar surface area (TPSA) is 105 Å². The molecule has 1 fully saturated rings. The molecule has 3 aliphatic carbocycles. The molecule has 2 amide bonds. The van der Waals surface area contributed by atoms with Crippen molar-refractivity contribution in [3.8, 4) is 40.0 Å². The van der Waals surface area contributed by atoms with Gasteiger partial charge in [-0.05, 0) is 76.3 Å². The summed E-state index contributed by atoms with van der Waals surface area (Å²) < 4.78 is 17.4. The number of anilines is 1. The largest absolute Gasteiger partial charge is 0.497 e. The second-order valence-electron chi connectivity index (χ2n) is 13.2. The van der Waals surface area contributed by atoms with Gasteiger partial charge in [0.25, 0.3) is 0 Å². The number of rotatable bonds is 7. The lowest BCUT2D eigenvalue weighted by molar-refractivity contribution is -0.122. The molecule has 52 heavy (non-hydrogen) atoms. The van der Waals surface area contributed by atoms with Crippen LogP contribution in [0.2, 0.25) is 0 Å². The van der Waals surface area contributed by atoms with Gasteiger partial charge in [-0.2, -0.15) is 5.26 Å². The molecule has 2 bridgehead atoms. The van der Waals surface area contributed by atoms with Crippen molar-refractivity contribution in [3.63, 3.8) is 0 Å². The maximum Gasteiger partial charge on any atom is 0.239 e. The molecule has 1 saturated heterocycles. The molecule has 0 saturated carbocycles. The lowest BCUT2D eigenvalue weighted by atomic mass is 9.47. The van der Waals surface area contributed by atoms with Crippen molar-refractivity contribution in [2.45, 2.75) is 11.3 Å². The van der Waals surface area contributed by atoms with E-state index in [4.69, 9.17) is 18.9 Å². The van der Waals surface area contributed by atoms with Crippen molar-refractivity contribution in [3.05, 3.63) is 155 Å². The van der Waals surface area contributed by atoms with E-state index in [2.05, 4.69) is 18.2 Å². The van der Waals surface area contributed by atoms with Crippen molar-refractivity contribution < 1.29 is 23.5 Å². The first-order chi connectivity index (χ1) is 25.5. The Kier molecular flexibility index (Phi) is 7.19. The number of nitriles is 1. The van der Waals surface area contributed by atoms with Gasteiger partial charge in [0.2, 0.25) is 17.7 Å². The van der Waals surface area contributed by atoms with E-state index < -0.39 is 17.3 Å². The van der Waals surface area contributed by atoms with Crippen LogP contribution in [0.25, 0.3) is 22.5 Å². The number of furan rings is 1. The van der Waals surface area contributed by atoms with Crippen molar-refractivity contribution in [1.29, 1.82) is 5.26 Å². The molecule has 0 spiro atoms. The van der Waals surface area contributed by atoms with Gasteiger partial charge in [-0.25, -0.2) is 9.89 Å². The monoisotopic (exact) mass is 681 g/mol. The third kappa shape index (κ3) is 4.36. The zero-order chi connectivity index (χ0) is 35.6. The van der Waals surface area contributed by atoms with Gasteiger partial charge >= 0.3 is 0 Å². The van der Waals surface area contributed by atoms with Crippen LogP contribution in [0.4, 0.5) is 11.6 Å². The van der Waals surface area contributed by atoms with E-state index in [0.717, 1.165) is 33.4 Å². The molecule has 10 rings (SSSR count). The number of benzene rings is 5. The minimum atomic E-state index is -1.14. The first kappa shape index (κ1) is 31.3. The first-order valence-electron chi connectivity index (χ1n) is 17.0. The normalized spacial score (nSPS) is 21.1.